The van der Waals surface area contributed by atoms with E-state index in [9.17, 15) is 9.59 Å². The van der Waals surface area contributed by atoms with Gasteiger partial charge in [-0.05, 0) is 43.3 Å². The summed E-state index contributed by atoms with van der Waals surface area (Å²) < 4.78 is 5.13. The molecule has 2 N–H and O–H groups in total. The van der Waals surface area contributed by atoms with E-state index in [1.807, 2.05) is 31.2 Å². The van der Waals surface area contributed by atoms with Crippen molar-refractivity contribution >= 4 is 29.3 Å². The Kier molecular flexibility index (Phi) is 7.29. The number of carbonyl (C=O) groups is 2. The van der Waals surface area contributed by atoms with Crippen LogP contribution < -0.4 is 15.4 Å². The van der Waals surface area contributed by atoms with Crippen molar-refractivity contribution in [2.45, 2.75) is 17.1 Å². The first kappa shape index (κ1) is 19.6. The van der Waals surface area contributed by atoms with E-state index in [0.717, 1.165) is 10.6 Å². The number of carbonyl (C=O) groups excluding carboxylic acids is 2. The van der Waals surface area contributed by atoms with Crippen molar-refractivity contribution in [1.82, 2.24) is 5.32 Å². The van der Waals surface area contributed by atoms with E-state index >= 15 is 0 Å². The number of thioether (sulfide) groups is 1. The van der Waals surface area contributed by atoms with Crippen LogP contribution in [0, 0.1) is 0 Å². The van der Waals surface area contributed by atoms with Crippen molar-refractivity contribution in [2.75, 3.05) is 19.0 Å². The Hall–Kier alpha value is -2.73. The molecule has 0 aromatic heterocycles. The van der Waals surface area contributed by atoms with E-state index in [0.29, 0.717) is 17.8 Å². The summed E-state index contributed by atoms with van der Waals surface area (Å²) in [6.45, 7) is 5.77. The molecule has 2 aromatic carbocycles. The molecule has 0 spiro atoms. The predicted octanol–water partition coefficient (Wildman–Crippen LogP) is 3.73. The molecule has 0 saturated heterocycles. The smallest absolute Gasteiger partial charge is 0.253 e. The molecule has 0 heterocycles. The maximum atomic E-state index is 12.5. The van der Waals surface area contributed by atoms with Gasteiger partial charge in [0.25, 0.3) is 5.91 Å². The highest BCUT2D eigenvalue weighted by Crippen LogP contribution is 2.26. The molecular weight excluding hydrogens is 348 g/mol. The number of nitrogens with one attached hydrogen (secondary N) is 2. The molecule has 0 saturated carbocycles. The molecule has 6 heteroatoms. The van der Waals surface area contributed by atoms with Crippen LogP contribution in [0.4, 0.5) is 5.69 Å². The van der Waals surface area contributed by atoms with Gasteiger partial charge in [-0.15, -0.1) is 18.3 Å². The third-order valence-corrected chi connectivity index (χ3v) is 4.69. The highest BCUT2D eigenvalue weighted by molar-refractivity contribution is 8.00. The molecule has 0 aliphatic heterocycles. The Morgan fingerprint density at radius 1 is 1.19 bits per heavy atom. The average molecular weight is 370 g/mol. The van der Waals surface area contributed by atoms with E-state index in [-0.39, 0.29) is 17.1 Å². The number of ether oxygens (including phenoxy) is 1. The number of para-hydroxylation sites is 1. The summed E-state index contributed by atoms with van der Waals surface area (Å²) in [7, 11) is 1.61. The first-order valence-electron chi connectivity index (χ1n) is 8.15. The summed E-state index contributed by atoms with van der Waals surface area (Å²) in [5.74, 6) is 0.344. The molecule has 0 unspecified atom stereocenters. The second-order valence-corrected chi connectivity index (χ2v) is 6.88. The van der Waals surface area contributed by atoms with Crippen molar-refractivity contribution in [3.63, 3.8) is 0 Å². The molecule has 0 aliphatic carbocycles. The zero-order valence-corrected chi connectivity index (χ0v) is 15.6. The minimum absolute atomic E-state index is 0.171. The van der Waals surface area contributed by atoms with Crippen LogP contribution in [0.25, 0.3) is 0 Å². The zero-order valence-electron chi connectivity index (χ0n) is 14.8. The molecule has 2 rings (SSSR count). The van der Waals surface area contributed by atoms with Crippen LogP contribution >= 0.6 is 11.8 Å². The van der Waals surface area contributed by atoms with Crippen molar-refractivity contribution < 1.29 is 14.3 Å². The third-order valence-electron chi connectivity index (χ3n) is 3.58. The molecule has 136 valence electrons. The van der Waals surface area contributed by atoms with E-state index < -0.39 is 0 Å². The standard InChI is InChI=1S/C20H22N2O3S/c1-4-13-21-20(24)17-7-5-6-8-18(17)22-19(23)14(2)26-16-11-9-15(25-3)10-12-16/h4-12,14H,1,13H2,2-3H3,(H,21,24)(H,22,23)/t14-/m0/s1. The SMILES string of the molecule is C=CCNC(=O)c1ccccc1NC(=O)[C@H](C)Sc1ccc(OC)cc1. The molecule has 26 heavy (non-hydrogen) atoms. The van der Waals surface area contributed by atoms with Gasteiger partial charge in [-0.25, -0.2) is 0 Å². The van der Waals surface area contributed by atoms with E-state index in [1.54, 1.807) is 37.5 Å². The molecular formula is C20H22N2O3S. The summed E-state index contributed by atoms with van der Waals surface area (Å²) in [6.07, 6.45) is 1.60. The van der Waals surface area contributed by atoms with Gasteiger partial charge in [0, 0.05) is 11.4 Å². The molecule has 2 amide bonds. The fourth-order valence-corrected chi connectivity index (χ4v) is 3.06. The summed E-state index contributed by atoms with van der Waals surface area (Å²) in [5.41, 5.74) is 0.908. The minimum atomic E-state index is -0.326. The largest absolute Gasteiger partial charge is 0.497 e. The molecule has 5 nitrogen and oxygen atoms in total. The predicted molar refractivity (Wildman–Crippen MR) is 106 cm³/mol. The van der Waals surface area contributed by atoms with Crippen molar-refractivity contribution in [1.29, 1.82) is 0 Å². The highest BCUT2D eigenvalue weighted by Gasteiger charge is 2.18. The highest BCUT2D eigenvalue weighted by atomic mass is 32.2. The number of methoxy groups -OCH3 is 1. The van der Waals surface area contributed by atoms with Crippen LogP contribution in [0.2, 0.25) is 0 Å². The molecule has 0 aliphatic rings. The zero-order chi connectivity index (χ0) is 18.9. The normalized spacial score (nSPS) is 11.3. The van der Waals surface area contributed by atoms with Crippen LogP contribution in [-0.2, 0) is 4.79 Å². The van der Waals surface area contributed by atoms with Crippen molar-refractivity contribution in [3.05, 3.63) is 66.7 Å². The second-order valence-electron chi connectivity index (χ2n) is 5.47. The lowest BCUT2D eigenvalue weighted by Gasteiger charge is -2.14. The summed E-state index contributed by atoms with van der Waals surface area (Å²) in [5, 5.41) is 5.23. The Morgan fingerprint density at radius 2 is 1.88 bits per heavy atom. The monoisotopic (exact) mass is 370 g/mol. The van der Waals surface area contributed by atoms with Gasteiger partial charge in [0.15, 0.2) is 0 Å². The minimum Gasteiger partial charge on any atom is -0.497 e. The molecule has 0 radical (unpaired) electrons. The number of amides is 2. The van der Waals surface area contributed by atoms with Crippen molar-refractivity contribution in [2.24, 2.45) is 0 Å². The van der Waals surface area contributed by atoms with E-state index in [2.05, 4.69) is 17.2 Å². The van der Waals surface area contributed by atoms with Crippen molar-refractivity contribution in [3.8, 4) is 5.75 Å². The van der Waals surface area contributed by atoms with Gasteiger partial charge >= 0.3 is 0 Å². The van der Waals surface area contributed by atoms with Gasteiger partial charge in [-0.1, -0.05) is 18.2 Å². The summed E-state index contributed by atoms with van der Waals surface area (Å²) in [6, 6.07) is 14.4. The second kappa shape index (κ2) is 9.68. The Balaban J connectivity index is 2.04. The lowest BCUT2D eigenvalue weighted by atomic mass is 10.1. The molecule has 2 aromatic rings. The fraction of sp³-hybridized carbons (Fsp3) is 0.200. The Labute approximate surface area is 157 Å². The Morgan fingerprint density at radius 3 is 2.54 bits per heavy atom. The van der Waals surface area contributed by atoms with Gasteiger partial charge in [-0.2, -0.15) is 0 Å². The van der Waals surface area contributed by atoms with E-state index in [1.165, 1.54) is 11.8 Å². The van der Waals surface area contributed by atoms with Crippen LogP contribution in [-0.4, -0.2) is 30.7 Å². The van der Waals surface area contributed by atoms with Gasteiger partial charge in [0.1, 0.15) is 5.75 Å². The maximum absolute atomic E-state index is 12.5. The number of hydrogen-bond acceptors (Lipinski definition) is 4. The maximum Gasteiger partial charge on any atom is 0.253 e. The van der Waals surface area contributed by atoms with Crippen LogP contribution in [0.3, 0.4) is 0 Å². The number of hydrogen-bond donors (Lipinski definition) is 2. The van der Waals surface area contributed by atoms with Crippen LogP contribution in [0.1, 0.15) is 17.3 Å². The van der Waals surface area contributed by atoms with Crippen LogP contribution in [0.15, 0.2) is 66.1 Å². The van der Waals surface area contributed by atoms with Crippen LogP contribution in [0.5, 0.6) is 5.75 Å². The number of anilines is 1. The fourth-order valence-electron chi connectivity index (χ4n) is 2.20. The number of rotatable bonds is 8. The number of benzene rings is 2. The third kappa shape index (κ3) is 5.39. The lowest BCUT2D eigenvalue weighted by molar-refractivity contribution is -0.115. The van der Waals surface area contributed by atoms with E-state index in [4.69, 9.17) is 4.74 Å². The van der Waals surface area contributed by atoms with Gasteiger partial charge < -0.3 is 15.4 Å². The summed E-state index contributed by atoms with van der Waals surface area (Å²) in [4.78, 5) is 25.7. The van der Waals surface area contributed by atoms with Gasteiger partial charge in [0.05, 0.1) is 23.6 Å². The summed E-state index contributed by atoms with van der Waals surface area (Å²) >= 11 is 1.44. The van der Waals surface area contributed by atoms with Gasteiger partial charge in [-0.3, -0.25) is 9.59 Å². The molecule has 1 atom stereocenters. The quantitative estimate of drug-likeness (QED) is 0.549. The average Bonchev–Trinajstić information content (AvgIpc) is 2.67. The first-order chi connectivity index (χ1) is 12.5. The topological polar surface area (TPSA) is 67.4 Å². The van der Waals surface area contributed by atoms with Gasteiger partial charge in [0.2, 0.25) is 5.91 Å². The molecule has 0 bridgehead atoms. The first-order valence-corrected chi connectivity index (χ1v) is 9.02. The molecule has 0 fully saturated rings. The Bertz CT molecular complexity index is 775. The lowest BCUT2D eigenvalue weighted by Crippen LogP contribution is -2.27.